The van der Waals surface area contributed by atoms with Crippen LogP contribution in [0.5, 0.6) is 0 Å². The number of rotatable bonds is 4. The minimum Gasteiger partial charge on any atom is -0.452 e. The number of hydrogen-bond donors (Lipinski definition) is 1. The highest BCUT2D eigenvalue weighted by atomic mass is 32.2. The molecule has 1 aromatic carbocycles. The molecular weight excluding hydrogens is 382 g/mol. The van der Waals surface area contributed by atoms with Crippen LogP contribution in [0, 0.1) is 5.92 Å². The summed E-state index contributed by atoms with van der Waals surface area (Å²) >= 11 is 0. The van der Waals surface area contributed by atoms with Gasteiger partial charge < -0.3 is 15.0 Å². The van der Waals surface area contributed by atoms with Crippen molar-refractivity contribution in [3.8, 4) is 0 Å². The van der Waals surface area contributed by atoms with Gasteiger partial charge in [-0.3, -0.25) is 9.59 Å². The normalized spacial score (nSPS) is 24.1. The molecule has 1 saturated carbocycles. The second-order valence-electron chi connectivity index (χ2n) is 7.53. The number of amides is 1. The first-order valence-corrected chi connectivity index (χ1v) is 11.0. The number of esters is 1. The summed E-state index contributed by atoms with van der Waals surface area (Å²) in [5.41, 5.74) is 0.564. The van der Waals surface area contributed by atoms with Crippen LogP contribution in [-0.2, 0) is 24.3 Å². The number of nitrogens with one attached hydrogen (secondary N) is 1. The van der Waals surface area contributed by atoms with Crippen LogP contribution in [0.15, 0.2) is 33.6 Å². The number of sulfonamides is 1. The maximum Gasteiger partial charge on any atom is 0.311 e. The number of ether oxygens (including phenoxy) is 1. The van der Waals surface area contributed by atoms with Crippen molar-refractivity contribution < 1.29 is 22.7 Å². The van der Waals surface area contributed by atoms with Crippen molar-refractivity contribution in [2.75, 3.05) is 13.1 Å². The molecular formula is C19H23N3O5S. The third-order valence-corrected chi connectivity index (χ3v) is 6.58. The first-order valence-electron chi connectivity index (χ1n) is 9.55. The van der Waals surface area contributed by atoms with Gasteiger partial charge in [0.25, 0.3) is 15.9 Å². The monoisotopic (exact) mass is 405 g/mol. The van der Waals surface area contributed by atoms with Crippen molar-refractivity contribution in [2.45, 2.75) is 49.6 Å². The summed E-state index contributed by atoms with van der Waals surface area (Å²) in [7, 11) is -3.70. The van der Waals surface area contributed by atoms with Gasteiger partial charge in [-0.15, -0.1) is 4.40 Å². The Balaban J connectivity index is 1.43. The Morgan fingerprint density at radius 2 is 2.00 bits per heavy atom. The molecule has 1 aromatic rings. The van der Waals surface area contributed by atoms with E-state index in [4.69, 9.17) is 4.74 Å². The summed E-state index contributed by atoms with van der Waals surface area (Å²) in [4.78, 5) is 26.6. The molecule has 4 rings (SSSR count). The lowest BCUT2D eigenvalue weighted by atomic mass is 9.97. The molecule has 28 heavy (non-hydrogen) atoms. The molecule has 1 saturated heterocycles. The molecule has 3 aliphatic rings. The lowest BCUT2D eigenvalue weighted by Gasteiger charge is -2.33. The Bertz CT molecular complexity index is 939. The minimum absolute atomic E-state index is 0.195. The number of benzene rings is 1. The Kier molecular flexibility index (Phi) is 4.86. The van der Waals surface area contributed by atoms with E-state index < -0.39 is 28.0 Å². The molecule has 0 unspecified atom stereocenters. The number of amidine groups is 1. The Labute approximate surface area is 164 Å². The third kappa shape index (κ3) is 3.76. The van der Waals surface area contributed by atoms with Crippen LogP contribution in [-0.4, -0.2) is 56.3 Å². The Morgan fingerprint density at radius 3 is 2.75 bits per heavy atom. The maximum absolute atomic E-state index is 12.6. The fourth-order valence-electron chi connectivity index (χ4n) is 3.55. The second-order valence-corrected chi connectivity index (χ2v) is 9.11. The predicted molar refractivity (Wildman–Crippen MR) is 101 cm³/mol. The lowest BCUT2D eigenvalue weighted by molar-refractivity contribution is -0.160. The fourth-order valence-corrected chi connectivity index (χ4v) is 4.78. The molecule has 9 heteroatoms. The fraction of sp³-hybridized carbons (Fsp3) is 0.526. The largest absolute Gasteiger partial charge is 0.452 e. The summed E-state index contributed by atoms with van der Waals surface area (Å²) in [6.07, 6.45) is 2.44. The van der Waals surface area contributed by atoms with Gasteiger partial charge in [0.05, 0.1) is 5.92 Å². The van der Waals surface area contributed by atoms with E-state index in [0.717, 1.165) is 12.8 Å². The van der Waals surface area contributed by atoms with E-state index in [1.807, 2.05) is 4.90 Å². The zero-order valence-corrected chi connectivity index (χ0v) is 16.4. The van der Waals surface area contributed by atoms with Gasteiger partial charge in [-0.2, -0.15) is 8.42 Å². The van der Waals surface area contributed by atoms with Crippen molar-refractivity contribution in [1.82, 2.24) is 10.2 Å². The molecule has 2 fully saturated rings. The molecule has 2 atom stereocenters. The standard InChI is InChI=1S/C19H23N3O5S/c1-12(18(23)20-14-8-9-14)27-19(24)13-5-4-10-22(11-13)17-15-6-2-3-7-16(15)28(25,26)21-17/h2-3,6-7,12-14H,4-5,8-11H2,1H3,(H,20,23)/t12-,13+/m1/s1. The average Bonchev–Trinajstić information content (AvgIpc) is 3.45. The van der Waals surface area contributed by atoms with Gasteiger partial charge in [0.2, 0.25) is 0 Å². The van der Waals surface area contributed by atoms with Crippen molar-refractivity contribution in [3.63, 3.8) is 0 Å². The quantitative estimate of drug-likeness (QED) is 0.751. The van der Waals surface area contributed by atoms with Crippen LogP contribution in [0.3, 0.4) is 0 Å². The predicted octanol–water partition coefficient (Wildman–Crippen LogP) is 1.06. The molecule has 0 spiro atoms. The SMILES string of the molecule is C[C@@H](OC(=O)[C@H]1CCCN(C2=NS(=O)(=O)c3ccccc32)C1)C(=O)NC1CC1. The highest BCUT2D eigenvalue weighted by Crippen LogP contribution is 2.30. The zero-order valence-electron chi connectivity index (χ0n) is 15.6. The van der Waals surface area contributed by atoms with E-state index in [2.05, 4.69) is 9.71 Å². The van der Waals surface area contributed by atoms with E-state index in [1.54, 1.807) is 25.1 Å². The molecule has 2 heterocycles. The van der Waals surface area contributed by atoms with Gasteiger partial charge in [0.1, 0.15) is 4.90 Å². The van der Waals surface area contributed by atoms with E-state index in [-0.39, 0.29) is 16.8 Å². The van der Waals surface area contributed by atoms with Gasteiger partial charge in [-0.1, -0.05) is 12.1 Å². The van der Waals surface area contributed by atoms with E-state index in [1.165, 1.54) is 6.07 Å². The summed E-state index contributed by atoms with van der Waals surface area (Å²) in [6, 6.07) is 6.91. The van der Waals surface area contributed by atoms with Crippen LogP contribution >= 0.6 is 0 Å². The molecule has 0 bridgehead atoms. The summed E-state index contributed by atoms with van der Waals surface area (Å²) in [5.74, 6) is -0.752. The Morgan fingerprint density at radius 1 is 1.25 bits per heavy atom. The van der Waals surface area contributed by atoms with Gasteiger partial charge in [0.15, 0.2) is 11.9 Å². The van der Waals surface area contributed by atoms with Crippen molar-refractivity contribution in [1.29, 1.82) is 0 Å². The van der Waals surface area contributed by atoms with Crippen molar-refractivity contribution in [2.24, 2.45) is 10.3 Å². The van der Waals surface area contributed by atoms with Crippen LogP contribution < -0.4 is 5.32 Å². The van der Waals surface area contributed by atoms with Crippen LogP contribution in [0.25, 0.3) is 0 Å². The highest BCUT2D eigenvalue weighted by molar-refractivity contribution is 7.90. The molecule has 1 amide bonds. The smallest absolute Gasteiger partial charge is 0.311 e. The Hall–Kier alpha value is -2.42. The number of piperidine rings is 1. The number of likely N-dealkylation sites (tertiary alicyclic amines) is 1. The van der Waals surface area contributed by atoms with Gasteiger partial charge >= 0.3 is 5.97 Å². The molecule has 2 aliphatic heterocycles. The molecule has 0 aromatic heterocycles. The first-order chi connectivity index (χ1) is 13.3. The van der Waals surface area contributed by atoms with E-state index in [0.29, 0.717) is 37.3 Å². The molecule has 1 N–H and O–H groups in total. The lowest BCUT2D eigenvalue weighted by Crippen LogP contribution is -2.44. The first kappa shape index (κ1) is 18.9. The summed E-state index contributed by atoms with van der Waals surface area (Å²) in [6.45, 7) is 2.50. The average molecular weight is 405 g/mol. The van der Waals surface area contributed by atoms with Gasteiger partial charge in [-0.25, -0.2) is 0 Å². The van der Waals surface area contributed by atoms with Crippen LogP contribution in [0.2, 0.25) is 0 Å². The van der Waals surface area contributed by atoms with Crippen LogP contribution in [0.4, 0.5) is 0 Å². The van der Waals surface area contributed by atoms with E-state index in [9.17, 15) is 18.0 Å². The van der Waals surface area contributed by atoms with E-state index >= 15 is 0 Å². The number of hydrogen-bond acceptors (Lipinski definition) is 6. The number of fused-ring (bicyclic) bond motifs is 1. The number of carbonyl (C=O) groups excluding carboxylic acids is 2. The second kappa shape index (κ2) is 7.20. The highest BCUT2D eigenvalue weighted by Gasteiger charge is 2.36. The maximum atomic E-state index is 12.6. The van der Waals surface area contributed by atoms with Crippen molar-refractivity contribution in [3.05, 3.63) is 29.8 Å². The van der Waals surface area contributed by atoms with Crippen LogP contribution in [0.1, 0.15) is 38.2 Å². The molecule has 150 valence electrons. The molecule has 1 aliphatic carbocycles. The van der Waals surface area contributed by atoms with Crippen molar-refractivity contribution >= 4 is 27.7 Å². The summed E-state index contributed by atoms with van der Waals surface area (Å²) in [5, 5.41) is 2.82. The number of carbonyl (C=O) groups is 2. The zero-order chi connectivity index (χ0) is 19.9. The third-order valence-electron chi connectivity index (χ3n) is 5.25. The van der Waals surface area contributed by atoms with Gasteiger partial charge in [-0.05, 0) is 44.7 Å². The molecule has 8 nitrogen and oxygen atoms in total. The summed E-state index contributed by atoms with van der Waals surface area (Å²) < 4.78 is 33.9. The molecule has 0 radical (unpaired) electrons. The minimum atomic E-state index is -3.70. The number of nitrogens with zero attached hydrogens (tertiary/aromatic N) is 2. The topological polar surface area (TPSA) is 105 Å². The van der Waals surface area contributed by atoms with Gasteiger partial charge in [0, 0.05) is 24.7 Å².